The van der Waals surface area contributed by atoms with Crippen LogP contribution in [0.25, 0.3) is 0 Å². The van der Waals surface area contributed by atoms with Gasteiger partial charge in [0, 0.05) is 6.54 Å². The molecule has 0 saturated carbocycles. The first-order chi connectivity index (χ1) is 10.0. The van der Waals surface area contributed by atoms with E-state index in [4.69, 9.17) is 14.2 Å². The maximum absolute atomic E-state index is 11.5. The number of carboxylic acids is 1. The van der Waals surface area contributed by atoms with Gasteiger partial charge in [0.05, 0.1) is 7.11 Å². The summed E-state index contributed by atoms with van der Waals surface area (Å²) in [7, 11) is 1.58. The molecule has 1 aromatic carbocycles. The molecular formula is C15H19NO5. The normalized spacial score (nSPS) is 24.3. The van der Waals surface area contributed by atoms with Crippen molar-refractivity contribution >= 4 is 5.97 Å². The third-order valence-corrected chi connectivity index (χ3v) is 4.34. The molecule has 3 rings (SSSR count). The Hall–Kier alpha value is -1.95. The minimum Gasteiger partial charge on any atom is -0.493 e. The molecule has 6 nitrogen and oxygen atoms in total. The maximum Gasteiger partial charge on any atom is 0.323 e. The molecule has 1 atom stereocenters. The number of ether oxygens (including phenoxy) is 3. The molecule has 1 saturated heterocycles. The van der Waals surface area contributed by atoms with Crippen LogP contribution in [0.2, 0.25) is 0 Å². The van der Waals surface area contributed by atoms with Crippen molar-refractivity contribution < 1.29 is 24.1 Å². The minimum atomic E-state index is -0.802. The number of methoxy groups -OCH3 is 1. The second kappa shape index (κ2) is 5.11. The Morgan fingerprint density at radius 3 is 3.00 bits per heavy atom. The fourth-order valence-electron chi connectivity index (χ4n) is 3.01. The number of benzene rings is 1. The molecule has 1 N–H and O–H groups in total. The van der Waals surface area contributed by atoms with Crippen LogP contribution in [-0.2, 0) is 11.3 Å². The summed E-state index contributed by atoms with van der Waals surface area (Å²) in [6, 6.07) is 3.78. The third-order valence-electron chi connectivity index (χ3n) is 4.34. The van der Waals surface area contributed by atoms with Gasteiger partial charge in [0.25, 0.3) is 0 Å². The molecule has 114 valence electrons. The fraction of sp³-hybridized carbons (Fsp3) is 0.533. The predicted molar refractivity (Wildman–Crippen MR) is 74.8 cm³/mol. The Labute approximate surface area is 123 Å². The number of fused-ring (bicyclic) bond motifs is 1. The zero-order valence-corrected chi connectivity index (χ0v) is 12.2. The third kappa shape index (κ3) is 2.29. The second-order valence-electron chi connectivity index (χ2n) is 5.64. The van der Waals surface area contributed by atoms with Gasteiger partial charge in [-0.1, -0.05) is 0 Å². The van der Waals surface area contributed by atoms with E-state index in [1.165, 1.54) is 0 Å². The van der Waals surface area contributed by atoms with E-state index < -0.39 is 11.5 Å². The molecule has 6 heteroatoms. The lowest BCUT2D eigenvalue weighted by Crippen LogP contribution is -2.47. The molecule has 0 aliphatic carbocycles. The predicted octanol–water partition coefficient (Wildman–Crippen LogP) is 1.86. The van der Waals surface area contributed by atoms with Gasteiger partial charge in [-0.2, -0.15) is 0 Å². The van der Waals surface area contributed by atoms with Crippen LogP contribution in [0.5, 0.6) is 17.2 Å². The number of rotatable bonds is 4. The van der Waals surface area contributed by atoms with Gasteiger partial charge in [-0.25, -0.2) is 0 Å². The van der Waals surface area contributed by atoms with Gasteiger partial charge < -0.3 is 19.3 Å². The average molecular weight is 293 g/mol. The van der Waals surface area contributed by atoms with Gasteiger partial charge in [0.1, 0.15) is 5.54 Å². The van der Waals surface area contributed by atoms with E-state index in [0.29, 0.717) is 30.2 Å². The van der Waals surface area contributed by atoms with Gasteiger partial charge in [0.15, 0.2) is 11.5 Å². The SMILES string of the molecule is COc1cc(CN2CCCC2(C)C(=O)O)cc2c1OCO2. The first-order valence-electron chi connectivity index (χ1n) is 6.99. The van der Waals surface area contributed by atoms with Gasteiger partial charge in [-0.05, 0) is 44.0 Å². The first kappa shape index (κ1) is 14.0. The van der Waals surface area contributed by atoms with Crippen LogP contribution in [0.4, 0.5) is 0 Å². The summed E-state index contributed by atoms with van der Waals surface area (Å²) in [6.07, 6.45) is 1.56. The summed E-state index contributed by atoms with van der Waals surface area (Å²) in [5.74, 6) is 1.12. The average Bonchev–Trinajstić information content (AvgIpc) is 3.06. The van der Waals surface area contributed by atoms with E-state index in [0.717, 1.165) is 18.5 Å². The van der Waals surface area contributed by atoms with Crippen LogP contribution >= 0.6 is 0 Å². The summed E-state index contributed by atoms with van der Waals surface area (Å²) >= 11 is 0. The molecule has 1 fully saturated rings. The topological polar surface area (TPSA) is 68.2 Å². The zero-order valence-electron chi connectivity index (χ0n) is 12.2. The molecule has 0 radical (unpaired) electrons. The molecule has 2 heterocycles. The number of aliphatic carboxylic acids is 1. The van der Waals surface area contributed by atoms with Gasteiger partial charge in [-0.3, -0.25) is 9.69 Å². The van der Waals surface area contributed by atoms with Crippen molar-refractivity contribution in [2.45, 2.75) is 31.8 Å². The van der Waals surface area contributed by atoms with Crippen molar-refractivity contribution in [2.75, 3.05) is 20.4 Å². The molecule has 0 amide bonds. The molecule has 21 heavy (non-hydrogen) atoms. The number of hydrogen-bond donors (Lipinski definition) is 1. The van der Waals surface area contributed by atoms with Crippen LogP contribution in [0, 0.1) is 0 Å². The van der Waals surface area contributed by atoms with Crippen LogP contribution in [-0.4, -0.2) is 42.0 Å². The lowest BCUT2D eigenvalue weighted by Gasteiger charge is -2.31. The van der Waals surface area contributed by atoms with Crippen LogP contribution in [0.15, 0.2) is 12.1 Å². The van der Waals surface area contributed by atoms with Crippen molar-refractivity contribution in [3.8, 4) is 17.2 Å². The number of likely N-dealkylation sites (tertiary alicyclic amines) is 1. The Morgan fingerprint density at radius 1 is 1.48 bits per heavy atom. The van der Waals surface area contributed by atoms with Crippen molar-refractivity contribution in [2.24, 2.45) is 0 Å². The van der Waals surface area contributed by atoms with E-state index >= 15 is 0 Å². The largest absolute Gasteiger partial charge is 0.493 e. The van der Waals surface area contributed by atoms with E-state index in [9.17, 15) is 9.90 Å². The number of nitrogens with zero attached hydrogens (tertiary/aromatic N) is 1. The van der Waals surface area contributed by atoms with E-state index in [-0.39, 0.29) is 6.79 Å². The van der Waals surface area contributed by atoms with Crippen LogP contribution in [0.1, 0.15) is 25.3 Å². The highest BCUT2D eigenvalue weighted by atomic mass is 16.7. The second-order valence-corrected chi connectivity index (χ2v) is 5.64. The molecule has 1 unspecified atom stereocenters. The first-order valence-corrected chi connectivity index (χ1v) is 6.99. The number of carbonyl (C=O) groups is 1. The quantitative estimate of drug-likeness (QED) is 0.914. The van der Waals surface area contributed by atoms with Crippen LogP contribution < -0.4 is 14.2 Å². The number of carboxylic acid groups (broad SMARTS) is 1. The number of hydrogen-bond acceptors (Lipinski definition) is 5. The Morgan fingerprint density at radius 2 is 2.29 bits per heavy atom. The Balaban J connectivity index is 1.87. The molecule has 1 aromatic rings. The van der Waals surface area contributed by atoms with Gasteiger partial charge in [0.2, 0.25) is 12.5 Å². The van der Waals surface area contributed by atoms with Crippen molar-refractivity contribution in [1.29, 1.82) is 0 Å². The monoisotopic (exact) mass is 293 g/mol. The highest BCUT2D eigenvalue weighted by Gasteiger charge is 2.43. The zero-order chi connectivity index (χ0) is 15.0. The lowest BCUT2D eigenvalue weighted by molar-refractivity contribution is -0.148. The standard InChI is InChI=1S/C15H19NO5/c1-15(14(17)18)4-3-5-16(15)8-10-6-11(19-2)13-12(7-10)20-9-21-13/h6-7H,3-5,8-9H2,1-2H3,(H,17,18). The van der Waals surface area contributed by atoms with Crippen molar-refractivity contribution in [1.82, 2.24) is 4.90 Å². The molecular weight excluding hydrogens is 274 g/mol. The van der Waals surface area contributed by atoms with Gasteiger partial charge >= 0.3 is 5.97 Å². The van der Waals surface area contributed by atoms with E-state index in [2.05, 4.69) is 0 Å². The molecule has 0 aromatic heterocycles. The fourth-order valence-corrected chi connectivity index (χ4v) is 3.01. The summed E-state index contributed by atoms with van der Waals surface area (Å²) in [5, 5.41) is 9.47. The minimum absolute atomic E-state index is 0.186. The van der Waals surface area contributed by atoms with Crippen molar-refractivity contribution in [3.63, 3.8) is 0 Å². The molecule has 2 aliphatic heterocycles. The smallest absolute Gasteiger partial charge is 0.323 e. The molecule has 2 aliphatic rings. The summed E-state index contributed by atoms with van der Waals surface area (Å²) < 4.78 is 16.1. The van der Waals surface area contributed by atoms with Crippen LogP contribution in [0.3, 0.4) is 0 Å². The molecule has 0 spiro atoms. The van der Waals surface area contributed by atoms with E-state index in [1.54, 1.807) is 14.0 Å². The summed E-state index contributed by atoms with van der Waals surface area (Å²) in [5.41, 5.74) is 0.161. The van der Waals surface area contributed by atoms with E-state index in [1.807, 2.05) is 17.0 Å². The summed E-state index contributed by atoms with van der Waals surface area (Å²) in [4.78, 5) is 13.5. The molecule has 0 bridgehead atoms. The Kier molecular flexibility index (Phi) is 3.41. The highest BCUT2D eigenvalue weighted by Crippen LogP contribution is 2.42. The van der Waals surface area contributed by atoms with Crippen molar-refractivity contribution in [3.05, 3.63) is 17.7 Å². The maximum atomic E-state index is 11.5. The lowest BCUT2D eigenvalue weighted by atomic mass is 9.99. The Bertz CT molecular complexity index is 573. The van der Waals surface area contributed by atoms with Gasteiger partial charge in [-0.15, -0.1) is 0 Å². The highest BCUT2D eigenvalue weighted by molar-refractivity contribution is 5.78. The summed E-state index contributed by atoms with van der Waals surface area (Å²) in [6.45, 7) is 3.30.